The van der Waals surface area contributed by atoms with Gasteiger partial charge in [-0.2, -0.15) is 0 Å². The molecule has 0 spiro atoms. The van der Waals surface area contributed by atoms with Crippen molar-refractivity contribution in [3.63, 3.8) is 0 Å². The first-order valence-corrected chi connectivity index (χ1v) is 10.5. The van der Waals surface area contributed by atoms with E-state index in [2.05, 4.69) is 20.2 Å². The summed E-state index contributed by atoms with van der Waals surface area (Å²) < 4.78 is 6.11. The third kappa shape index (κ3) is 3.49. The van der Waals surface area contributed by atoms with Gasteiger partial charge in [-0.05, 0) is 43.9 Å². The number of anilines is 1. The number of nitrogens with zero attached hydrogens (tertiary/aromatic N) is 3. The maximum atomic E-state index is 12.9. The highest BCUT2D eigenvalue weighted by Crippen LogP contribution is 2.33. The van der Waals surface area contributed by atoms with Crippen molar-refractivity contribution in [2.45, 2.75) is 32.7 Å². The number of amides is 1. The molecule has 2 aromatic heterocycles. The quantitative estimate of drug-likeness (QED) is 0.542. The minimum atomic E-state index is -0.277. The molecule has 6 nitrogen and oxygen atoms in total. The molecule has 1 N–H and O–H groups in total. The summed E-state index contributed by atoms with van der Waals surface area (Å²) in [7, 11) is 0. The third-order valence-electron chi connectivity index (χ3n) is 5.63. The Morgan fingerprint density at radius 2 is 1.80 bits per heavy atom. The summed E-state index contributed by atoms with van der Waals surface area (Å²) in [5, 5.41) is 3.86. The van der Waals surface area contributed by atoms with Gasteiger partial charge >= 0.3 is 0 Å². The number of fused-ring (bicyclic) bond motifs is 3. The molecule has 1 aliphatic rings. The minimum Gasteiger partial charge on any atom is -0.450 e. The lowest BCUT2D eigenvalue weighted by Gasteiger charge is -2.27. The molecule has 6 heteroatoms. The molecule has 0 aliphatic carbocycles. The highest BCUT2D eigenvalue weighted by atomic mass is 16.3. The Kier molecular flexibility index (Phi) is 4.83. The van der Waals surface area contributed by atoms with Crippen molar-refractivity contribution in [2.24, 2.45) is 0 Å². The van der Waals surface area contributed by atoms with E-state index in [0.717, 1.165) is 48.3 Å². The van der Waals surface area contributed by atoms with Crippen molar-refractivity contribution < 1.29 is 9.21 Å². The minimum absolute atomic E-state index is 0.182. The summed E-state index contributed by atoms with van der Waals surface area (Å²) in [6.07, 6.45) is 3.44. The second-order valence-electron chi connectivity index (χ2n) is 7.86. The van der Waals surface area contributed by atoms with E-state index < -0.39 is 0 Å². The SMILES string of the molecule is Cc1ccc(CNC(=O)c2nc(N3CCCCC3)c3oc4ccccc4c3n2)cc1. The molecule has 4 aromatic rings. The molecule has 1 amide bonds. The van der Waals surface area contributed by atoms with E-state index in [0.29, 0.717) is 17.6 Å². The molecular weight excluding hydrogens is 376 g/mol. The number of piperidine rings is 1. The lowest BCUT2D eigenvalue weighted by molar-refractivity contribution is 0.0941. The largest absolute Gasteiger partial charge is 0.450 e. The summed E-state index contributed by atoms with van der Waals surface area (Å²) in [5.41, 5.74) is 4.35. The molecule has 0 atom stereocenters. The van der Waals surface area contributed by atoms with Gasteiger partial charge in [0, 0.05) is 25.0 Å². The van der Waals surface area contributed by atoms with Crippen LogP contribution in [0, 0.1) is 6.92 Å². The van der Waals surface area contributed by atoms with Gasteiger partial charge in [0.1, 0.15) is 11.1 Å². The lowest BCUT2D eigenvalue weighted by Crippen LogP contribution is -2.32. The topological polar surface area (TPSA) is 71.3 Å². The van der Waals surface area contributed by atoms with Gasteiger partial charge < -0.3 is 14.6 Å². The Bertz CT molecular complexity index is 1210. The van der Waals surface area contributed by atoms with Crippen LogP contribution in [0.15, 0.2) is 52.9 Å². The van der Waals surface area contributed by atoms with Gasteiger partial charge in [-0.3, -0.25) is 4.79 Å². The van der Waals surface area contributed by atoms with E-state index in [4.69, 9.17) is 4.42 Å². The summed E-state index contributed by atoms with van der Waals surface area (Å²) in [6.45, 7) is 4.30. The highest BCUT2D eigenvalue weighted by Gasteiger charge is 2.23. The molecule has 2 aromatic carbocycles. The van der Waals surface area contributed by atoms with E-state index in [9.17, 15) is 4.79 Å². The Morgan fingerprint density at radius 3 is 2.60 bits per heavy atom. The molecule has 0 bridgehead atoms. The van der Waals surface area contributed by atoms with Crippen LogP contribution >= 0.6 is 0 Å². The van der Waals surface area contributed by atoms with Gasteiger partial charge in [0.05, 0.1) is 0 Å². The fraction of sp³-hybridized carbons (Fsp3) is 0.292. The van der Waals surface area contributed by atoms with Gasteiger partial charge in [-0.1, -0.05) is 42.0 Å². The molecule has 30 heavy (non-hydrogen) atoms. The monoisotopic (exact) mass is 400 g/mol. The normalized spacial score (nSPS) is 14.4. The number of nitrogens with one attached hydrogen (secondary N) is 1. The Hall–Kier alpha value is -3.41. The van der Waals surface area contributed by atoms with Crippen LogP contribution in [-0.4, -0.2) is 29.0 Å². The fourth-order valence-electron chi connectivity index (χ4n) is 3.97. The zero-order valence-electron chi connectivity index (χ0n) is 17.0. The Morgan fingerprint density at radius 1 is 1.03 bits per heavy atom. The second-order valence-corrected chi connectivity index (χ2v) is 7.86. The van der Waals surface area contributed by atoms with Gasteiger partial charge in [-0.15, -0.1) is 0 Å². The van der Waals surface area contributed by atoms with Crippen LogP contribution < -0.4 is 10.2 Å². The zero-order valence-corrected chi connectivity index (χ0v) is 17.0. The molecule has 1 saturated heterocycles. The van der Waals surface area contributed by atoms with Crippen LogP contribution in [0.5, 0.6) is 0 Å². The number of aromatic nitrogens is 2. The maximum absolute atomic E-state index is 12.9. The summed E-state index contributed by atoms with van der Waals surface area (Å²) in [6, 6.07) is 15.9. The van der Waals surface area contributed by atoms with E-state index in [1.165, 1.54) is 12.0 Å². The van der Waals surface area contributed by atoms with Gasteiger partial charge in [0.2, 0.25) is 5.82 Å². The van der Waals surface area contributed by atoms with Gasteiger partial charge in [0.15, 0.2) is 11.4 Å². The molecular formula is C24H24N4O2. The number of benzene rings is 2. The first-order valence-electron chi connectivity index (χ1n) is 10.5. The number of rotatable bonds is 4. The Labute approximate surface area is 174 Å². The van der Waals surface area contributed by atoms with Crippen LogP contribution in [0.4, 0.5) is 5.82 Å². The van der Waals surface area contributed by atoms with Crippen LogP contribution in [-0.2, 0) is 6.54 Å². The van der Waals surface area contributed by atoms with Crippen LogP contribution in [0.2, 0.25) is 0 Å². The molecule has 0 unspecified atom stereocenters. The number of carbonyl (C=O) groups is 1. The molecule has 152 valence electrons. The Balaban J connectivity index is 1.53. The number of furan rings is 1. The van der Waals surface area contributed by atoms with Crippen LogP contribution in [0.3, 0.4) is 0 Å². The standard InChI is InChI=1S/C24H24N4O2/c1-16-9-11-17(12-10-16)15-25-24(29)22-26-20-18-7-3-4-8-19(18)30-21(20)23(27-22)28-13-5-2-6-14-28/h3-4,7-12H,2,5-6,13-15H2,1H3,(H,25,29). The van der Waals surface area contributed by atoms with Crippen LogP contribution in [0.1, 0.15) is 41.0 Å². The van der Waals surface area contributed by atoms with Crippen molar-refractivity contribution in [1.82, 2.24) is 15.3 Å². The average Bonchev–Trinajstić information content (AvgIpc) is 3.17. The predicted molar refractivity (Wildman–Crippen MR) is 118 cm³/mol. The molecule has 3 heterocycles. The average molecular weight is 400 g/mol. The number of carbonyl (C=O) groups excluding carboxylic acids is 1. The molecule has 0 saturated carbocycles. The van der Waals surface area contributed by atoms with Crippen molar-refractivity contribution in [3.8, 4) is 0 Å². The fourth-order valence-corrected chi connectivity index (χ4v) is 3.97. The summed E-state index contributed by atoms with van der Waals surface area (Å²) in [5.74, 6) is 0.624. The van der Waals surface area contributed by atoms with E-state index >= 15 is 0 Å². The second kappa shape index (κ2) is 7.78. The number of hydrogen-bond donors (Lipinski definition) is 1. The number of para-hydroxylation sites is 1. The molecule has 1 aliphatic heterocycles. The van der Waals surface area contributed by atoms with Crippen molar-refractivity contribution in [1.29, 1.82) is 0 Å². The first kappa shape index (κ1) is 18.6. The first-order chi connectivity index (χ1) is 14.7. The van der Waals surface area contributed by atoms with Crippen molar-refractivity contribution in [3.05, 3.63) is 65.5 Å². The van der Waals surface area contributed by atoms with Gasteiger partial charge in [0.25, 0.3) is 5.91 Å². The zero-order chi connectivity index (χ0) is 20.5. The van der Waals surface area contributed by atoms with E-state index in [-0.39, 0.29) is 11.7 Å². The highest BCUT2D eigenvalue weighted by molar-refractivity contribution is 6.07. The molecule has 5 rings (SSSR count). The number of hydrogen-bond acceptors (Lipinski definition) is 5. The maximum Gasteiger partial charge on any atom is 0.289 e. The number of aryl methyl sites for hydroxylation is 1. The van der Waals surface area contributed by atoms with Gasteiger partial charge in [-0.25, -0.2) is 9.97 Å². The molecule has 0 radical (unpaired) electrons. The van der Waals surface area contributed by atoms with Crippen molar-refractivity contribution >= 4 is 33.8 Å². The summed E-state index contributed by atoms with van der Waals surface area (Å²) >= 11 is 0. The van der Waals surface area contributed by atoms with E-state index in [1.807, 2.05) is 55.5 Å². The smallest absolute Gasteiger partial charge is 0.289 e. The third-order valence-corrected chi connectivity index (χ3v) is 5.63. The van der Waals surface area contributed by atoms with Crippen molar-refractivity contribution in [2.75, 3.05) is 18.0 Å². The van der Waals surface area contributed by atoms with E-state index in [1.54, 1.807) is 0 Å². The predicted octanol–water partition coefficient (Wildman–Crippen LogP) is 4.60. The summed E-state index contributed by atoms with van der Waals surface area (Å²) in [4.78, 5) is 24.4. The van der Waals surface area contributed by atoms with Crippen LogP contribution in [0.25, 0.3) is 22.1 Å². The molecule has 1 fully saturated rings. The lowest BCUT2D eigenvalue weighted by atomic mass is 10.1.